The highest BCUT2D eigenvalue weighted by atomic mass is 32.2. The minimum atomic E-state index is -3.46. The molecule has 1 amide bonds. The first kappa shape index (κ1) is 15.6. The van der Waals surface area contributed by atoms with Gasteiger partial charge in [0, 0.05) is 23.5 Å². The molecule has 0 saturated carbocycles. The molecule has 0 atom stereocenters. The molecule has 1 N–H and O–H groups in total. The minimum Gasteiger partial charge on any atom is -0.321 e. The smallest absolute Gasteiger partial charge is 0.266 e. The van der Waals surface area contributed by atoms with Gasteiger partial charge in [-0.15, -0.1) is 0 Å². The summed E-state index contributed by atoms with van der Waals surface area (Å²) >= 11 is 0. The predicted octanol–water partition coefficient (Wildman–Crippen LogP) is 2.39. The van der Waals surface area contributed by atoms with Crippen molar-refractivity contribution >= 4 is 33.6 Å². The summed E-state index contributed by atoms with van der Waals surface area (Å²) in [6, 6.07) is 9.73. The number of rotatable bonds is 3. The molecule has 3 rings (SSSR count). The number of fused-ring (bicyclic) bond motifs is 1. The second kappa shape index (κ2) is 6.10. The molecule has 0 saturated heterocycles. The molecule has 1 aromatic carbocycles. The largest absolute Gasteiger partial charge is 0.321 e. The zero-order valence-electron chi connectivity index (χ0n) is 12.3. The van der Waals surface area contributed by atoms with Crippen molar-refractivity contribution in [2.45, 2.75) is 4.90 Å². The zero-order chi connectivity index (χ0) is 17.2. The quantitative estimate of drug-likeness (QED) is 0.684. The molecule has 2 aromatic rings. The molecule has 6 nitrogen and oxygen atoms in total. The zero-order valence-corrected chi connectivity index (χ0v) is 13.1. The number of nitrogens with zero attached hydrogens (tertiary/aromatic N) is 2. The van der Waals surface area contributed by atoms with Gasteiger partial charge >= 0.3 is 0 Å². The lowest BCUT2D eigenvalue weighted by atomic mass is 10.1. The second-order valence-corrected chi connectivity index (χ2v) is 6.81. The van der Waals surface area contributed by atoms with E-state index >= 15 is 0 Å². The molecule has 24 heavy (non-hydrogen) atoms. The van der Waals surface area contributed by atoms with Crippen LogP contribution in [0.3, 0.4) is 0 Å². The van der Waals surface area contributed by atoms with E-state index in [9.17, 15) is 18.5 Å². The van der Waals surface area contributed by atoms with Crippen LogP contribution < -0.4 is 5.32 Å². The van der Waals surface area contributed by atoms with Gasteiger partial charge in [0.1, 0.15) is 11.6 Å². The number of aromatic nitrogens is 1. The van der Waals surface area contributed by atoms with Crippen LogP contribution in [0.4, 0.5) is 5.69 Å². The van der Waals surface area contributed by atoms with Crippen molar-refractivity contribution in [1.29, 1.82) is 5.26 Å². The lowest BCUT2D eigenvalue weighted by Gasteiger charge is -2.06. The number of anilines is 1. The molecule has 0 fully saturated rings. The number of benzene rings is 1. The van der Waals surface area contributed by atoms with Gasteiger partial charge in [0.15, 0.2) is 0 Å². The number of nitriles is 1. The van der Waals surface area contributed by atoms with Gasteiger partial charge in [-0.1, -0.05) is 6.07 Å². The highest BCUT2D eigenvalue weighted by Gasteiger charge is 2.21. The summed E-state index contributed by atoms with van der Waals surface area (Å²) < 4.78 is 23.7. The van der Waals surface area contributed by atoms with Gasteiger partial charge in [-0.25, -0.2) is 8.42 Å². The van der Waals surface area contributed by atoms with E-state index in [0.717, 1.165) is 5.41 Å². The van der Waals surface area contributed by atoms with E-state index < -0.39 is 15.7 Å². The maximum absolute atomic E-state index is 12.2. The number of nitrogens with one attached hydrogen (secondary N) is 1. The second-order valence-electron chi connectivity index (χ2n) is 5.00. The number of pyridine rings is 1. The Labute approximate surface area is 138 Å². The van der Waals surface area contributed by atoms with Crippen LogP contribution in [0.5, 0.6) is 0 Å². The number of carbonyl (C=O) groups excluding carboxylic acids is 1. The molecule has 118 valence electrons. The van der Waals surface area contributed by atoms with E-state index in [1.165, 1.54) is 18.2 Å². The number of sulfone groups is 1. The van der Waals surface area contributed by atoms with E-state index in [0.29, 0.717) is 16.8 Å². The van der Waals surface area contributed by atoms with Crippen molar-refractivity contribution in [3.05, 3.63) is 64.8 Å². The molecule has 1 aliphatic heterocycles. The third-order valence-electron chi connectivity index (χ3n) is 3.39. The predicted molar refractivity (Wildman–Crippen MR) is 89.1 cm³/mol. The van der Waals surface area contributed by atoms with Gasteiger partial charge in [0.25, 0.3) is 5.91 Å². The van der Waals surface area contributed by atoms with E-state index in [2.05, 4.69) is 10.3 Å². The van der Waals surface area contributed by atoms with Gasteiger partial charge in [-0.05, 0) is 47.5 Å². The molecular formula is C17H11N3O3S. The van der Waals surface area contributed by atoms with Crippen molar-refractivity contribution in [3.8, 4) is 6.07 Å². The Hall–Kier alpha value is -3.24. The maximum atomic E-state index is 12.2. The molecule has 0 radical (unpaired) electrons. The third-order valence-corrected chi connectivity index (χ3v) is 4.85. The molecule has 1 aromatic heterocycles. The van der Waals surface area contributed by atoms with Gasteiger partial charge < -0.3 is 5.32 Å². The Bertz CT molecular complexity index is 1020. The first-order chi connectivity index (χ1) is 11.5. The number of hydrogen-bond donors (Lipinski definition) is 1. The molecule has 2 heterocycles. The van der Waals surface area contributed by atoms with Gasteiger partial charge in [-0.2, -0.15) is 5.26 Å². The normalized spacial score (nSPS) is 14.7. The maximum Gasteiger partial charge on any atom is 0.266 e. The summed E-state index contributed by atoms with van der Waals surface area (Å²) in [7, 11) is -3.46. The van der Waals surface area contributed by atoms with Crippen LogP contribution >= 0.6 is 0 Å². The van der Waals surface area contributed by atoms with Crippen molar-refractivity contribution < 1.29 is 13.2 Å². The summed E-state index contributed by atoms with van der Waals surface area (Å²) in [5.74, 6) is -0.613. The Balaban J connectivity index is 1.85. The van der Waals surface area contributed by atoms with Gasteiger partial charge in [0.05, 0.1) is 4.90 Å². The van der Waals surface area contributed by atoms with Crippen molar-refractivity contribution in [2.75, 3.05) is 5.32 Å². The fourth-order valence-electron chi connectivity index (χ4n) is 2.21. The van der Waals surface area contributed by atoms with Crippen LogP contribution in [-0.4, -0.2) is 19.3 Å². The molecule has 0 aliphatic carbocycles. The van der Waals surface area contributed by atoms with Crippen LogP contribution in [0.15, 0.2) is 58.6 Å². The average molecular weight is 337 g/mol. The average Bonchev–Trinajstić information content (AvgIpc) is 2.88. The van der Waals surface area contributed by atoms with Crippen LogP contribution in [0.2, 0.25) is 0 Å². The monoisotopic (exact) mass is 337 g/mol. The van der Waals surface area contributed by atoms with E-state index in [1.807, 2.05) is 6.07 Å². The standard InChI is InChI=1S/C17H11N3O3S/c18-11-14(9-12-3-6-19-7-4-12)17(21)20-15-2-1-13-5-8-24(22,23)16(13)10-15/h1-10H,(H,20,21)/b14-9+. The summed E-state index contributed by atoms with van der Waals surface area (Å²) in [6.07, 6.45) is 6.04. The lowest BCUT2D eigenvalue weighted by molar-refractivity contribution is -0.112. The molecule has 0 spiro atoms. The van der Waals surface area contributed by atoms with Gasteiger partial charge in [-0.3, -0.25) is 9.78 Å². The van der Waals surface area contributed by atoms with Crippen LogP contribution in [0.25, 0.3) is 12.2 Å². The van der Waals surface area contributed by atoms with Crippen molar-refractivity contribution in [2.24, 2.45) is 0 Å². The summed E-state index contributed by atoms with van der Waals surface area (Å²) in [5, 5.41) is 12.8. The lowest BCUT2D eigenvalue weighted by Crippen LogP contribution is -2.13. The van der Waals surface area contributed by atoms with Gasteiger partial charge in [0.2, 0.25) is 9.84 Å². The third kappa shape index (κ3) is 3.09. The SMILES string of the molecule is N#C/C(=C\c1ccncc1)C(=O)Nc1ccc2c(c1)S(=O)(=O)C=C2. The Morgan fingerprint density at radius 2 is 1.96 bits per heavy atom. The van der Waals surface area contributed by atoms with Crippen molar-refractivity contribution in [3.63, 3.8) is 0 Å². The fourth-order valence-corrected chi connectivity index (χ4v) is 3.43. The topological polar surface area (TPSA) is 99.9 Å². The molecule has 0 bridgehead atoms. The Morgan fingerprint density at radius 3 is 2.67 bits per heavy atom. The summed E-state index contributed by atoms with van der Waals surface area (Å²) in [4.78, 5) is 16.2. The molecule has 0 unspecified atom stereocenters. The van der Waals surface area contributed by atoms with E-state index in [1.54, 1.807) is 36.7 Å². The first-order valence-corrected chi connectivity index (χ1v) is 8.45. The molecule has 7 heteroatoms. The first-order valence-electron chi connectivity index (χ1n) is 6.90. The highest BCUT2D eigenvalue weighted by Crippen LogP contribution is 2.29. The van der Waals surface area contributed by atoms with Crippen LogP contribution in [-0.2, 0) is 14.6 Å². The number of carbonyl (C=O) groups is 1. The highest BCUT2D eigenvalue weighted by molar-refractivity contribution is 7.94. The molecule has 1 aliphatic rings. The summed E-state index contributed by atoms with van der Waals surface area (Å²) in [6.45, 7) is 0. The van der Waals surface area contributed by atoms with E-state index in [-0.39, 0.29) is 10.5 Å². The van der Waals surface area contributed by atoms with Crippen LogP contribution in [0, 0.1) is 11.3 Å². The fraction of sp³-hybridized carbons (Fsp3) is 0. The van der Waals surface area contributed by atoms with E-state index in [4.69, 9.17) is 0 Å². The van der Waals surface area contributed by atoms with Crippen LogP contribution in [0.1, 0.15) is 11.1 Å². The Morgan fingerprint density at radius 1 is 1.21 bits per heavy atom. The number of amides is 1. The minimum absolute atomic E-state index is 0.0947. The Kier molecular flexibility index (Phi) is 3.98. The molecular weight excluding hydrogens is 326 g/mol. The number of hydrogen-bond acceptors (Lipinski definition) is 5. The van der Waals surface area contributed by atoms with Crippen molar-refractivity contribution in [1.82, 2.24) is 4.98 Å². The summed E-state index contributed by atoms with van der Waals surface area (Å²) in [5.41, 5.74) is 1.45.